The number of piperidine rings is 1. The van der Waals surface area contributed by atoms with Gasteiger partial charge in [-0.3, -0.25) is 9.36 Å². The van der Waals surface area contributed by atoms with E-state index in [2.05, 4.69) is 27.2 Å². The van der Waals surface area contributed by atoms with E-state index in [0.29, 0.717) is 13.1 Å². The Morgan fingerprint density at radius 2 is 1.89 bits per heavy atom. The van der Waals surface area contributed by atoms with Crippen LogP contribution in [0.5, 0.6) is 0 Å². The Hall–Kier alpha value is -2.67. The predicted molar refractivity (Wildman–Crippen MR) is 107 cm³/mol. The predicted octanol–water partition coefficient (Wildman–Crippen LogP) is 3.20. The Labute approximate surface area is 163 Å². The molecule has 7 heteroatoms. The Balaban J connectivity index is 1.41. The van der Waals surface area contributed by atoms with Crippen LogP contribution in [-0.2, 0) is 11.3 Å². The number of carbonyl (C=O) groups is 1. The van der Waals surface area contributed by atoms with Gasteiger partial charge >= 0.3 is 0 Å². The SMILES string of the molecule is CN(Cc1ccccc1)C(=O)[C@@H]1CCCN(c2nnc(-n3cccc3)s2)C1. The summed E-state index contributed by atoms with van der Waals surface area (Å²) >= 11 is 1.56. The average molecular weight is 382 g/mol. The first-order chi connectivity index (χ1) is 13.2. The van der Waals surface area contributed by atoms with Crippen LogP contribution in [0.25, 0.3) is 5.13 Å². The molecule has 0 bridgehead atoms. The molecule has 0 spiro atoms. The molecule has 3 aromatic rings. The van der Waals surface area contributed by atoms with E-state index in [1.165, 1.54) is 0 Å². The molecular weight excluding hydrogens is 358 g/mol. The maximum atomic E-state index is 12.9. The minimum absolute atomic E-state index is 0.00592. The van der Waals surface area contributed by atoms with Crippen molar-refractivity contribution in [2.24, 2.45) is 5.92 Å². The van der Waals surface area contributed by atoms with Gasteiger partial charge in [0.1, 0.15) is 0 Å². The standard InChI is InChI=1S/C20H23N5OS/c1-23(14-16-8-3-2-4-9-16)18(26)17-10-7-13-25(15-17)20-22-21-19(27-20)24-11-5-6-12-24/h2-6,8-9,11-12,17H,7,10,13-15H2,1H3/t17-/m1/s1. The van der Waals surface area contributed by atoms with Gasteiger partial charge < -0.3 is 9.80 Å². The van der Waals surface area contributed by atoms with Crippen molar-refractivity contribution in [1.82, 2.24) is 19.7 Å². The lowest BCUT2D eigenvalue weighted by Crippen LogP contribution is -2.43. The molecule has 1 amide bonds. The number of hydrogen-bond acceptors (Lipinski definition) is 5. The summed E-state index contributed by atoms with van der Waals surface area (Å²) in [4.78, 5) is 17.0. The highest BCUT2D eigenvalue weighted by Crippen LogP contribution is 2.28. The molecular formula is C20H23N5OS. The number of amides is 1. The third kappa shape index (κ3) is 4.03. The first kappa shape index (κ1) is 17.7. The van der Waals surface area contributed by atoms with Gasteiger partial charge in [-0.2, -0.15) is 0 Å². The van der Waals surface area contributed by atoms with Gasteiger partial charge in [0.15, 0.2) is 0 Å². The molecule has 1 atom stereocenters. The van der Waals surface area contributed by atoms with Gasteiger partial charge in [-0.1, -0.05) is 41.7 Å². The molecule has 140 valence electrons. The van der Waals surface area contributed by atoms with Crippen molar-refractivity contribution >= 4 is 22.4 Å². The molecule has 0 radical (unpaired) electrons. The van der Waals surface area contributed by atoms with Crippen LogP contribution in [0.3, 0.4) is 0 Å². The molecule has 0 unspecified atom stereocenters. The quantitative estimate of drug-likeness (QED) is 0.681. The Kier molecular flexibility index (Phi) is 5.20. The molecule has 1 aliphatic heterocycles. The van der Waals surface area contributed by atoms with Gasteiger partial charge in [-0.25, -0.2) is 0 Å². The van der Waals surface area contributed by atoms with Crippen molar-refractivity contribution in [3.05, 3.63) is 60.4 Å². The van der Waals surface area contributed by atoms with E-state index in [0.717, 1.165) is 35.2 Å². The van der Waals surface area contributed by atoms with Gasteiger partial charge in [0.25, 0.3) is 0 Å². The molecule has 4 rings (SSSR count). The molecule has 2 aromatic heterocycles. The monoisotopic (exact) mass is 381 g/mol. The molecule has 1 saturated heterocycles. The van der Waals surface area contributed by atoms with Crippen molar-refractivity contribution in [1.29, 1.82) is 0 Å². The highest BCUT2D eigenvalue weighted by atomic mass is 32.1. The van der Waals surface area contributed by atoms with E-state index >= 15 is 0 Å². The molecule has 0 aliphatic carbocycles. The van der Waals surface area contributed by atoms with E-state index in [9.17, 15) is 4.79 Å². The summed E-state index contributed by atoms with van der Waals surface area (Å²) in [5.74, 6) is 0.213. The number of hydrogen-bond donors (Lipinski definition) is 0. The molecule has 0 saturated carbocycles. The van der Waals surface area contributed by atoms with Crippen molar-refractivity contribution < 1.29 is 4.79 Å². The normalized spacial score (nSPS) is 17.1. The average Bonchev–Trinajstić information content (AvgIpc) is 3.40. The maximum absolute atomic E-state index is 12.9. The van der Waals surface area contributed by atoms with Crippen LogP contribution in [0.2, 0.25) is 0 Å². The number of benzene rings is 1. The van der Waals surface area contributed by atoms with Gasteiger partial charge in [0, 0.05) is 39.1 Å². The van der Waals surface area contributed by atoms with E-state index in [-0.39, 0.29) is 11.8 Å². The second kappa shape index (κ2) is 7.92. The van der Waals surface area contributed by atoms with Crippen LogP contribution in [0.1, 0.15) is 18.4 Å². The van der Waals surface area contributed by atoms with Crippen LogP contribution in [-0.4, -0.2) is 45.7 Å². The van der Waals surface area contributed by atoms with Gasteiger partial charge in [-0.05, 0) is 30.5 Å². The van der Waals surface area contributed by atoms with Gasteiger partial charge in [0.2, 0.25) is 16.2 Å². The van der Waals surface area contributed by atoms with Gasteiger partial charge in [-0.15, -0.1) is 10.2 Å². The number of anilines is 1. The second-order valence-electron chi connectivity index (χ2n) is 6.92. The topological polar surface area (TPSA) is 54.3 Å². The van der Waals surface area contributed by atoms with Crippen molar-refractivity contribution in [3.63, 3.8) is 0 Å². The van der Waals surface area contributed by atoms with Crippen LogP contribution >= 0.6 is 11.3 Å². The first-order valence-corrected chi connectivity index (χ1v) is 10.0. The van der Waals surface area contributed by atoms with Crippen LogP contribution in [0, 0.1) is 5.92 Å². The summed E-state index contributed by atoms with van der Waals surface area (Å²) in [5.41, 5.74) is 1.15. The zero-order chi connectivity index (χ0) is 18.6. The summed E-state index contributed by atoms with van der Waals surface area (Å²) in [6.45, 7) is 2.28. The highest BCUT2D eigenvalue weighted by molar-refractivity contribution is 7.17. The lowest BCUT2D eigenvalue weighted by atomic mass is 9.97. The minimum atomic E-state index is 0.00592. The maximum Gasteiger partial charge on any atom is 0.227 e. The number of nitrogens with zero attached hydrogens (tertiary/aromatic N) is 5. The number of aromatic nitrogens is 3. The van der Waals surface area contributed by atoms with Crippen LogP contribution in [0.15, 0.2) is 54.9 Å². The number of rotatable bonds is 5. The van der Waals surface area contributed by atoms with E-state index in [4.69, 9.17) is 0 Å². The fraction of sp³-hybridized carbons (Fsp3) is 0.350. The van der Waals surface area contributed by atoms with Gasteiger partial charge in [0.05, 0.1) is 5.92 Å². The zero-order valence-electron chi connectivity index (χ0n) is 15.4. The smallest absolute Gasteiger partial charge is 0.227 e. The van der Waals surface area contributed by atoms with Crippen LogP contribution in [0.4, 0.5) is 5.13 Å². The molecule has 3 heterocycles. The minimum Gasteiger partial charge on any atom is -0.346 e. The van der Waals surface area contributed by atoms with Crippen molar-refractivity contribution in [2.45, 2.75) is 19.4 Å². The zero-order valence-corrected chi connectivity index (χ0v) is 16.2. The fourth-order valence-corrected chi connectivity index (χ4v) is 4.35. The Morgan fingerprint density at radius 3 is 2.67 bits per heavy atom. The Bertz CT molecular complexity index is 877. The van der Waals surface area contributed by atoms with E-state index < -0.39 is 0 Å². The fourth-order valence-electron chi connectivity index (χ4n) is 3.50. The van der Waals surface area contributed by atoms with Crippen molar-refractivity contribution in [3.8, 4) is 5.13 Å². The van der Waals surface area contributed by atoms with Crippen LogP contribution < -0.4 is 4.90 Å². The van der Waals surface area contributed by atoms with E-state index in [1.54, 1.807) is 11.3 Å². The third-order valence-corrected chi connectivity index (χ3v) is 5.91. The van der Waals surface area contributed by atoms with Crippen molar-refractivity contribution in [2.75, 3.05) is 25.0 Å². The number of carbonyl (C=O) groups excluding carboxylic acids is 1. The first-order valence-electron chi connectivity index (χ1n) is 9.21. The second-order valence-corrected chi connectivity index (χ2v) is 7.86. The lowest BCUT2D eigenvalue weighted by Gasteiger charge is -2.33. The lowest BCUT2D eigenvalue weighted by molar-refractivity contribution is -0.135. The summed E-state index contributed by atoms with van der Waals surface area (Å²) < 4.78 is 1.96. The molecule has 1 aromatic carbocycles. The highest BCUT2D eigenvalue weighted by Gasteiger charge is 2.29. The molecule has 0 N–H and O–H groups in total. The summed E-state index contributed by atoms with van der Waals surface area (Å²) in [5, 5.41) is 10.4. The largest absolute Gasteiger partial charge is 0.346 e. The third-order valence-electron chi connectivity index (χ3n) is 4.91. The van der Waals surface area contributed by atoms with E-state index in [1.807, 2.05) is 59.2 Å². The summed E-state index contributed by atoms with van der Waals surface area (Å²) in [6, 6.07) is 14.1. The summed E-state index contributed by atoms with van der Waals surface area (Å²) in [6.07, 6.45) is 5.85. The molecule has 1 aliphatic rings. The molecule has 6 nitrogen and oxygen atoms in total. The summed E-state index contributed by atoms with van der Waals surface area (Å²) in [7, 11) is 1.89. The Morgan fingerprint density at radius 1 is 1.15 bits per heavy atom. The molecule has 27 heavy (non-hydrogen) atoms. The molecule has 1 fully saturated rings.